The molecule has 0 aromatic carbocycles. The number of hydrogen-bond donors (Lipinski definition) is 1. The van der Waals surface area contributed by atoms with Gasteiger partial charge >= 0.3 is 0 Å². The van der Waals surface area contributed by atoms with E-state index in [2.05, 4.69) is 20.8 Å². The molecule has 0 aliphatic heterocycles. The number of carbonyl (C=O) groups excluding carboxylic acids is 1. The van der Waals surface area contributed by atoms with Crippen molar-refractivity contribution in [1.29, 1.82) is 0 Å². The summed E-state index contributed by atoms with van der Waals surface area (Å²) in [5, 5.41) is 0. The molecule has 0 spiro atoms. The van der Waals surface area contributed by atoms with Crippen LogP contribution in [0.25, 0.3) is 0 Å². The Kier molecular flexibility index (Phi) is 4.97. The van der Waals surface area contributed by atoms with Gasteiger partial charge in [-0.2, -0.15) is 0 Å². The minimum absolute atomic E-state index is 0.234. The van der Waals surface area contributed by atoms with E-state index in [1.54, 1.807) is 0 Å². The maximum Gasteiger partial charge on any atom is 0.143 e. The Morgan fingerprint density at radius 2 is 1.94 bits per heavy atom. The van der Waals surface area contributed by atoms with Gasteiger partial charge < -0.3 is 5.73 Å². The molecule has 1 fully saturated rings. The average molecular weight is 225 g/mol. The Morgan fingerprint density at radius 1 is 1.31 bits per heavy atom. The zero-order valence-electron chi connectivity index (χ0n) is 11.1. The molecule has 0 aromatic rings. The fourth-order valence-electron chi connectivity index (χ4n) is 3.09. The van der Waals surface area contributed by atoms with E-state index < -0.39 is 0 Å². The summed E-state index contributed by atoms with van der Waals surface area (Å²) in [5.74, 6) is 1.45. The Bertz CT molecular complexity index is 225. The van der Waals surface area contributed by atoms with Crippen LogP contribution < -0.4 is 5.73 Å². The van der Waals surface area contributed by atoms with E-state index in [-0.39, 0.29) is 11.3 Å². The molecule has 1 aliphatic rings. The lowest BCUT2D eigenvalue weighted by Gasteiger charge is -2.35. The summed E-state index contributed by atoms with van der Waals surface area (Å²) in [5.41, 5.74) is 5.62. The van der Waals surface area contributed by atoms with E-state index in [4.69, 9.17) is 5.73 Å². The smallest absolute Gasteiger partial charge is 0.143 e. The lowest BCUT2D eigenvalue weighted by Crippen LogP contribution is -2.42. The number of nitrogens with two attached hydrogens (primary N) is 1. The van der Waals surface area contributed by atoms with Crippen LogP contribution in [0.2, 0.25) is 0 Å². The van der Waals surface area contributed by atoms with E-state index >= 15 is 0 Å². The predicted molar refractivity (Wildman–Crippen MR) is 68.2 cm³/mol. The van der Waals surface area contributed by atoms with Gasteiger partial charge in [0, 0.05) is 17.9 Å². The van der Waals surface area contributed by atoms with E-state index in [1.807, 2.05) is 0 Å². The molecule has 1 rings (SSSR count). The summed E-state index contributed by atoms with van der Waals surface area (Å²) >= 11 is 0. The highest BCUT2D eigenvalue weighted by molar-refractivity contribution is 5.87. The van der Waals surface area contributed by atoms with Gasteiger partial charge in [-0.25, -0.2) is 0 Å². The van der Waals surface area contributed by atoms with Gasteiger partial charge in [0.05, 0.1) is 0 Å². The molecule has 16 heavy (non-hydrogen) atoms. The van der Waals surface area contributed by atoms with Gasteiger partial charge in [0.15, 0.2) is 0 Å². The molecule has 0 heterocycles. The first-order valence-corrected chi connectivity index (χ1v) is 6.84. The normalized spacial score (nSPS) is 26.8. The Labute approximate surface area is 100.0 Å². The molecule has 0 amide bonds. The number of ketones is 1. The molecule has 1 saturated carbocycles. The summed E-state index contributed by atoms with van der Waals surface area (Å²) in [6.07, 6.45) is 6.46. The van der Waals surface area contributed by atoms with Crippen molar-refractivity contribution < 1.29 is 4.79 Å². The molecule has 2 N–H and O–H groups in total. The monoisotopic (exact) mass is 225 g/mol. The molecule has 1 aliphatic carbocycles. The number of hydrogen-bond acceptors (Lipinski definition) is 2. The molecule has 0 radical (unpaired) electrons. The second-order valence-corrected chi connectivity index (χ2v) is 5.52. The average Bonchev–Trinajstić information content (AvgIpc) is 2.32. The molecule has 0 saturated heterocycles. The summed E-state index contributed by atoms with van der Waals surface area (Å²) in [6.45, 7) is 6.98. The third-order valence-corrected chi connectivity index (χ3v) is 4.57. The third kappa shape index (κ3) is 2.65. The van der Waals surface area contributed by atoms with Gasteiger partial charge in [0.2, 0.25) is 0 Å². The number of Topliss-reactive ketones (excluding diaryl/α,β-unsaturated/α-hetero) is 1. The topological polar surface area (TPSA) is 43.1 Å². The largest absolute Gasteiger partial charge is 0.329 e. The van der Waals surface area contributed by atoms with E-state index in [1.165, 1.54) is 12.8 Å². The maximum atomic E-state index is 12.6. The molecule has 94 valence electrons. The van der Waals surface area contributed by atoms with Crippen molar-refractivity contribution in [3.8, 4) is 0 Å². The molecule has 0 bridgehead atoms. The number of rotatable bonds is 5. The Hall–Kier alpha value is -0.370. The van der Waals surface area contributed by atoms with Crippen LogP contribution in [0.5, 0.6) is 0 Å². The van der Waals surface area contributed by atoms with E-state index in [0.29, 0.717) is 18.2 Å². The van der Waals surface area contributed by atoms with Crippen LogP contribution in [0.3, 0.4) is 0 Å². The highest BCUT2D eigenvalue weighted by Gasteiger charge is 2.38. The lowest BCUT2D eigenvalue weighted by molar-refractivity contribution is -0.134. The SMILES string of the molecule is CCC(CC)(CN)C(=O)C1CCCC(C)C1. The van der Waals surface area contributed by atoms with Crippen molar-refractivity contribution in [2.24, 2.45) is 23.0 Å². The van der Waals surface area contributed by atoms with Gasteiger partial charge in [0.25, 0.3) is 0 Å². The third-order valence-electron chi connectivity index (χ3n) is 4.57. The van der Waals surface area contributed by atoms with Crippen molar-refractivity contribution in [2.45, 2.75) is 59.3 Å². The fourth-order valence-corrected chi connectivity index (χ4v) is 3.09. The molecule has 0 aromatic heterocycles. The van der Waals surface area contributed by atoms with Crippen molar-refractivity contribution >= 4 is 5.78 Å². The van der Waals surface area contributed by atoms with Crippen molar-refractivity contribution in [2.75, 3.05) is 6.54 Å². The van der Waals surface area contributed by atoms with E-state index in [0.717, 1.165) is 25.7 Å². The summed E-state index contributed by atoms with van der Waals surface area (Å²) in [6, 6.07) is 0. The fraction of sp³-hybridized carbons (Fsp3) is 0.929. The van der Waals surface area contributed by atoms with E-state index in [9.17, 15) is 4.79 Å². The quantitative estimate of drug-likeness (QED) is 0.781. The van der Waals surface area contributed by atoms with Gasteiger partial charge in [-0.15, -0.1) is 0 Å². The summed E-state index contributed by atoms with van der Waals surface area (Å²) in [7, 11) is 0. The van der Waals surface area contributed by atoms with Crippen LogP contribution in [-0.2, 0) is 4.79 Å². The Balaban J connectivity index is 2.74. The van der Waals surface area contributed by atoms with Crippen LogP contribution in [0, 0.1) is 17.3 Å². The molecule has 2 unspecified atom stereocenters. The van der Waals surface area contributed by atoms with Gasteiger partial charge in [-0.1, -0.05) is 33.6 Å². The van der Waals surface area contributed by atoms with Crippen LogP contribution in [-0.4, -0.2) is 12.3 Å². The van der Waals surface area contributed by atoms with Crippen LogP contribution in [0.15, 0.2) is 0 Å². The first-order chi connectivity index (χ1) is 7.59. The lowest BCUT2D eigenvalue weighted by atomic mass is 9.68. The second kappa shape index (κ2) is 5.81. The van der Waals surface area contributed by atoms with Crippen LogP contribution in [0.4, 0.5) is 0 Å². The van der Waals surface area contributed by atoms with Crippen LogP contribution >= 0.6 is 0 Å². The van der Waals surface area contributed by atoms with Crippen LogP contribution in [0.1, 0.15) is 59.3 Å². The maximum absolute atomic E-state index is 12.6. The minimum atomic E-state index is -0.234. The van der Waals surface area contributed by atoms with Gasteiger partial charge in [-0.3, -0.25) is 4.79 Å². The highest BCUT2D eigenvalue weighted by Crippen LogP contribution is 2.37. The predicted octanol–water partition coefficient (Wildman–Crippen LogP) is 3.15. The molecular weight excluding hydrogens is 198 g/mol. The zero-order chi connectivity index (χ0) is 12.2. The molecular formula is C14H27NO. The minimum Gasteiger partial charge on any atom is -0.329 e. The Morgan fingerprint density at radius 3 is 2.38 bits per heavy atom. The highest BCUT2D eigenvalue weighted by atomic mass is 16.1. The summed E-state index contributed by atoms with van der Waals surface area (Å²) < 4.78 is 0. The van der Waals surface area contributed by atoms with Crippen molar-refractivity contribution in [3.05, 3.63) is 0 Å². The molecule has 2 atom stereocenters. The standard InChI is InChI=1S/C14H27NO/c1-4-14(5-2,10-15)13(16)12-8-6-7-11(3)9-12/h11-12H,4-10,15H2,1-3H3. The van der Waals surface area contributed by atoms with Gasteiger partial charge in [-0.05, 0) is 31.6 Å². The molecule has 2 heteroatoms. The second-order valence-electron chi connectivity index (χ2n) is 5.52. The van der Waals surface area contributed by atoms with Gasteiger partial charge in [0.1, 0.15) is 5.78 Å². The molecule has 2 nitrogen and oxygen atoms in total. The number of carbonyl (C=O) groups is 1. The van der Waals surface area contributed by atoms with Crippen molar-refractivity contribution in [3.63, 3.8) is 0 Å². The first kappa shape index (κ1) is 13.7. The zero-order valence-corrected chi connectivity index (χ0v) is 11.1. The first-order valence-electron chi connectivity index (χ1n) is 6.84. The van der Waals surface area contributed by atoms with Crippen molar-refractivity contribution in [1.82, 2.24) is 0 Å². The summed E-state index contributed by atoms with van der Waals surface area (Å²) in [4.78, 5) is 12.6.